The van der Waals surface area contributed by atoms with Gasteiger partial charge < -0.3 is 4.74 Å². The van der Waals surface area contributed by atoms with Gasteiger partial charge in [-0.05, 0) is 42.0 Å². The maximum Gasteiger partial charge on any atom is 0.234 e. The van der Waals surface area contributed by atoms with Crippen LogP contribution in [0.3, 0.4) is 0 Å². The highest BCUT2D eigenvalue weighted by Crippen LogP contribution is 2.30. The number of nitrogens with one attached hydrogen (secondary N) is 1. The quantitative estimate of drug-likeness (QED) is 0.477. The van der Waals surface area contributed by atoms with Crippen LogP contribution in [0.4, 0.5) is 0 Å². The van der Waals surface area contributed by atoms with Gasteiger partial charge in [0, 0.05) is 6.42 Å². The molecule has 4 heteroatoms. The van der Waals surface area contributed by atoms with Gasteiger partial charge in [-0.25, -0.2) is 5.84 Å². The molecule has 0 aliphatic heterocycles. The van der Waals surface area contributed by atoms with Crippen LogP contribution < -0.4 is 16.0 Å². The number of amides is 1. The van der Waals surface area contributed by atoms with Crippen molar-refractivity contribution in [3.05, 3.63) is 28.8 Å². The molecule has 1 amide bonds. The second-order valence-electron chi connectivity index (χ2n) is 4.74. The third-order valence-electron chi connectivity index (χ3n) is 3.09. The summed E-state index contributed by atoms with van der Waals surface area (Å²) < 4.78 is 5.39. The number of aryl methyl sites for hydroxylation is 2. The average molecular weight is 250 g/mol. The van der Waals surface area contributed by atoms with Gasteiger partial charge in [0.1, 0.15) is 5.75 Å². The molecule has 4 nitrogen and oxygen atoms in total. The molecule has 0 atom stereocenters. The monoisotopic (exact) mass is 250 g/mol. The molecule has 0 aliphatic carbocycles. The molecule has 0 aliphatic rings. The second kappa shape index (κ2) is 6.40. The molecular weight excluding hydrogens is 228 g/mol. The van der Waals surface area contributed by atoms with Gasteiger partial charge in [0.25, 0.3) is 0 Å². The lowest BCUT2D eigenvalue weighted by molar-refractivity contribution is -0.121. The van der Waals surface area contributed by atoms with Gasteiger partial charge in [0.05, 0.1) is 7.11 Å². The lowest BCUT2D eigenvalue weighted by atomic mass is 9.94. The van der Waals surface area contributed by atoms with Gasteiger partial charge in [0.15, 0.2) is 0 Å². The molecule has 3 N–H and O–H groups in total. The molecule has 1 aromatic carbocycles. The van der Waals surface area contributed by atoms with E-state index in [4.69, 9.17) is 10.6 Å². The number of benzene rings is 1. The first-order valence-corrected chi connectivity index (χ1v) is 6.16. The van der Waals surface area contributed by atoms with Crippen LogP contribution >= 0.6 is 0 Å². The zero-order chi connectivity index (χ0) is 13.7. The molecule has 0 bridgehead atoms. The van der Waals surface area contributed by atoms with E-state index in [2.05, 4.69) is 25.3 Å². The van der Waals surface area contributed by atoms with Crippen molar-refractivity contribution in [3.8, 4) is 5.75 Å². The van der Waals surface area contributed by atoms with Crippen LogP contribution in [0.15, 0.2) is 12.1 Å². The molecular formula is C14H22N2O2. The van der Waals surface area contributed by atoms with Crippen LogP contribution in [0.1, 0.15) is 42.9 Å². The first-order chi connectivity index (χ1) is 8.49. The predicted molar refractivity (Wildman–Crippen MR) is 72.5 cm³/mol. The summed E-state index contributed by atoms with van der Waals surface area (Å²) >= 11 is 0. The largest absolute Gasteiger partial charge is 0.496 e. The first-order valence-electron chi connectivity index (χ1n) is 6.16. The van der Waals surface area contributed by atoms with E-state index >= 15 is 0 Å². The topological polar surface area (TPSA) is 64.3 Å². The molecule has 0 aromatic heterocycles. The van der Waals surface area contributed by atoms with Crippen molar-refractivity contribution in [1.29, 1.82) is 0 Å². The van der Waals surface area contributed by atoms with Gasteiger partial charge in [-0.1, -0.05) is 19.9 Å². The average Bonchev–Trinajstić information content (AvgIpc) is 2.35. The fourth-order valence-corrected chi connectivity index (χ4v) is 1.96. The van der Waals surface area contributed by atoms with Crippen molar-refractivity contribution < 1.29 is 9.53 Å². The summed E-state index contributed by atoms with van der Waals surface area (Å²) in [6.07, 6.45) is 1.10. The normalized spacial score (nSPS) is 10.6. The molecule has 1 aromatic rings. The summed E-state index contributed by atoms with van der Waals surface area (Å²) in [5.74, 6) is 6.24. The van der Waals surface area contributed by atoms with Crippen LogP contribution in [0, 0.1) is 6.92 Å². The fraction of sp³-hybridized carbons (Fsp3) is 0.500. The van der Waals surface area contributed by atoms with Crippen LogP contribution in [-0.4, -0.2) is 13.0 Å². The highest BCUT2D eigenvalue weighted by molar-refractivity contribution is 5.75. The molecule has 0 unspecified atom stereocenters. The lowest BCUT2D eigenvalue weighted by Gasteiger charge is -2.16. The summed E-state index contributed by atoms with van der Waals surface area (Å²) in [6, 6.07) is 4.16. The Balaban J connectivity index is 2.98. The number of ether oxygens (including phenoxy) is 1. The van der Waals surface area contributed by atoms with Crippen LogP contribution in [0.25, 0.3) is 0 Å². The summed E-state index contributed by atoms with van der Waals surface area (Å²) in [7, 11) is 1.68. The third-order valence-corrected chi connectivity index (χ3v) is 3.09. The van der Waals surface area contributed by atoms with Crippen molar-refractivity contribution in [2.24, 2.45) is 5.84 Å². The molecule has 0 saturated carbocycles. The Morgan fingerprint density at radius 3 is 2.61 bits per heavy atom. The number of methoxy groups -OCH3 is 1. The molecule has 1 rings (SSSR count). The van der Waals surface area contributed by atoms with Gasteiger partial charge in [-0.3, -0.25) is 10.2 Å². The summed E-state index contributed by atoms with van der Waals surface area (Å²) in [5.41, 5.74) is 5.63. The van der Waals surface area contributed by atoms with Crippen molar-refractivity contribution in [1.82, 2.24) is 5.43 Å². The molecule has 0 spiro atoms. The number of hydrogen-bond acceptors (Lipinski definition) is 3. The molecule has 0 radical (unpaired) electrons. The van der Waals surface area contributed by atoms with Crippen LogP contribution in [-0.2, 0) is 11.2 Å². The van der Waals surface area contributed by atoms with Crippen LogP contribution in [0.2, 0.25) is 0 Å². The van der Waals surface area contributed by atoms with Crippen molar-refractivity contribution in [2.75, 3.05) is 7.11 Å². The van der Waals surface area contributed by atoms with E-state index in [9.17, 15) is 4.79 Å². The van der Waals surface area contributed by atoms with Crippen LogP contribution in [0.5, 0.6) is 5.75 Å². The van der Waals surface area contributed by atoms with E-state index in [-0.39, 0.29) is 5.91 Å². The van der Waals surface area contributed by atoms with E-state index in [1.807, 2.05) is 13.0 Å². The Bertz CT molecular complexity index is 428. The fourth-order valence-electron chi connectivity index (χ4n) is 1.96. The number of nitrogens with two attached hydrogens (primary N) is 1. The zero-order valence-corrected chi connectivity index (χ0v) is 11.5. The molecule has 0 heterocycles. The van der Waals surface area contributed by atoms with E-state index in [0.29, 0.717) is 18.8 Å². The smallest absolute Gasteiger partial charge is 0.234 e. The standard InChI is InChI=1S/C14H22N2O2/c1-9(2)12-8-11(5-6-14(17)16-15)10(3)7-13(12)18-4/h7-9H,5-6,15H2,1-4H3,(H,16,17). The van der Waals surface area contributed by atoms with Gasteiger partial charge in [-0.2, -0.15) is 0 Å². The van der Waals surface area contributed by atoms with E-state index < -0.39 is 0 Å². The minimum atomic E-state index is -0.142. The van der Waals surface area contributed by atoms with Crippen molar-refractivity contribution >= 4 is 5.91 Å². The third kappa shape index (κ3) is 3.47. The summed E-state index contributed by atoms with van der Waals surface area (Å²) in [5, 5.41) is 0. The molecule has 0 saturated heterocycles. The lowest BCUT2D eigenvalue weighted by Crippen LogP contribution is -2.30. The number of carbonyl (C=O) groups excluding carboxylic acids is 1. The first kappa shape index (κ1) is 14.5. The summed E-state index contributed by atoms with van der Waals surface area (Å²) in [4.78, 5) is 11.2. The predicted octanol–water partition coefficient (Wildman–Crippen LogP) is 2.05. The summed E-state index contributed by atoms with van der Waals surface area (Å²) in [6.45, 7) is 6.29. The SMILES string of the molecule is COc1cc(C)c(CCC(=O)NN)cc1C(C)C. The highest BCUT2D eigenvalue weighted by atomic mass is 16.5. The number of hydrazine groups is 1. The van der Waals surface area contributed by atoms with Crippen molar-refractivity contribution in [2.45, 2.75) is 39.5 Å². The van der Waals surface area contributed by atoms with Gasteiger partial charge in [-0.15, -0.1) is 0 Å². The van der Waals surface area contributed by atoms with E-state index in [1.54, 1.807) is 7.11 Å². The molecule has 18 heavy (non-hydrogen) atoms. The highest BCUT2D eigenvalue weighted by Gasteiger charge is 2.11. The Labute approximate surface area is 108 Å². The minimum absolute atomic E-state index is 0.142. The zero-order valence-electron chi connectivity index (χ0n) is 11.5. The Morgan fingerprint density at radius 2 is 2.11 bits per heavy atom. The number of hydrogen-bond donors (Lipinski definition) is 2. The Kier molecular flexibility index (Phi) is 5.16. The van der Waals surface area contributed by atoms with Crippen molar-refractivity contribution in [3.63, 3.8) is 0 Å². The Hall–Kier alpha value is -1.55. The van der Waals surface area contributed by atoms with Gasteiger partial charge >= 0.3 is 0 Å². The molecule has 100 valence electrons. The second-order valence-corrected chi connectivity index (χ2v) is 4.74. The number of carbonyl (C=O) groups is 1. The Morgan fingerprint density at radius 1 is 1.44 bits per heavy atom. The maximum atomic E-state index is 11.2. The minimum Gasteiger partial charge on any atom is -0.496 e. The maximum absolute atomic E-state index is 11.2. The molecule has 0 fully saturated rings. The van der Waals surface area contributed by atoms with E-state index in [1.165, 1.54) is 11.1 Å². The van der Waals surface area contributed by atoms with E-state index in [0.717, 1.165) is 11.3 Å². The number of rotatable bonds is 5. The van der Waals surface area contributed by atoms with Gasteiger partial charge in [0.2, 0.25) is 5.91 Å².